The monoisotopic (exact) mass is 244 g/mol. The number of carbonyl (C=O) groups excluding carboxylic acids is 1. The maximum Gasteiger partial charge on any atom is 0.326 e. The first-order chi connectivity index (χ1) is 7.93. The van der Waals surface area contributed by atoms with Crippen LogP contribution in [0.4, 0.5) is 0 Å². The second kappa shape index (κ2) is 8.06. The number of amides is 1. The van der Waals surface area contributed by atoms with E-state index in [0.717, 1.165) is 12.8 Å². The molecule has 0 spiro atoms. The van der Waals surface area contributed by atoms with Crippen molar-refractivity contribution in [2.75, 3.05) is 0 Å². The fourth-order valence-corrected chi connectivity index (χ4v) is 1.50. The van der Waals surface area contributed by atoms with Crippen molar-refractivity contribution in [1.29, 1.82) is 0 Å². The van der Waals surface area contributed by atoms with Crippen molar-refractivity contribution in [2.45, 2.75) is 58.5 Å². The zero-order valence-electron chi connectivity index (χ0n) is 10.9. The molecule has 1 unspecified atom stereocenters. The maximum absolute atomic E-state index is 11.7. The summed E-state index contributed by atoms with van der Waals surface area (Å²) in [6, 6.07) is -1.46. The number of hydrogen-bond acceptors (Lipinski definition) is 3. The quantitative estimate of drug-likeness (QED) is 0.596. The Balaban J connectivity index is 4.35. The molecule has 100 valence electrons. The van der Waals surface area contributed by atoms with Crippen LogP contribution in [-0.2, 0) is 9.59 Å². The van der Waals surface area contributed by atoms with E-state index >= 15 is 0 Å². The van der Waals surface area contributed by atoms with Gasteiger partial charge in [-0.2, -0.15) is 0 Å². The highest BCUT2D eigenvalue weighted by Gasteiger charge is 2.27. The minimum Gasteiger partial charge on any atom is -0.480 e. The van der Waals surface area contributed by atoms with Crippen molar-refractivity contribution >= 4 is 11.9 Å². The van der Waals surface area contributed by atoms with Gasteiger partial charge in [-0.25, -0.2) is 4.79 Å². The maximum atomic E-state index is 11.7. The second-order valence-corrected chi connectivity index (χ2v) is 4.46. The van der Waals surface area contributed by atoms with E-state index in [1.807, 2.05) is 13.8 Å². The molecule has 0 saturated heterocycles. The van der Waals surface area contributed by atoms with Crippen LogP contribution in [-0.4, -0.2) is 29.1 Å². The van der Waals surface area contributed by atoms with Crippen LogP contribution in [0.25, 0.3) is 0 Å². The number of nitrogens with two attached hydrogens (primary N) is 1. The van der Waals surface area contributed by atoms with Crippen LogP contribution in [0.2, 0.25) is 0 Å². The highest BCUT2D eigenvalue weighted by atomic mass is 16.4. The molecule has 1 amide bonds. The van der Waals surface area contributed by atoms with Crippen LogP contribution in [0.5, 0.6) is 0 Å². The SMILES string of the molecule is CCCCC(N)C(=O)N[C@H](C(=O)O)[C@@H](C)CC. The Morgan fingerprint density at radius 2 is 1.94 bits per heavy atom. The van der Waals surface area contributed by atoms with E-state index in [2.05, 4.69) is 5.32 Å². The van der Waals surface area contributed by atoms with Gasteiger partial charge in [0, 0.05) is 0 Å². The Morgan fingerprint density at radius 3 is 2.35 bits per heavy atom. The molecular weight excluding hydrogens is 220 g/mol. The van der Waals surface area contributed by atoms with Gasteiger partial charge in [-0.05, 0) is 12.3 Å². The Morgan fingerprint density at radius 1 is 1.35 bits per heavy atom. The normalized spacial score (nSPS) is 16.0. The Kier molecular flexibility index (Phi) is 7.54. The topological polar surface area (TPSA) is 92.4 Å². The molecule has 0 saturated carbocycles. The molecule has 0 aromatic carbocycles. The first-order valence-corrected chi connectivity index (χ1v) is 6.22. The van der Waals surface area contributed by atoms with E-state index in [9.17, 15) is 9.59 Å². The van der Waals surface area contributed by atoms with Gasteiger partial charge in [0.05, 0.1) is 6.04 Å². The van der Waals surface area contributed by atoms with Crippen molar-refractivity contribution in [3.8, 4) is 0 Å². The molecule has 0 aliphatic heterocycles. The molecule has 0 aliphatic rings. The first kappa shape index (κ1) is 15.9. The first-order valence-electron chi connectivity index (χ1n) is 6.22. The van der Waals surface area contributed by atoms with E-state index in [-0.39, 0.29) is 11.8 Å². The fraction of sp³-hybridized carbons (Fsp3) is 0.833. The molecule has 0 bridgehead atoms. The molecule has 3 atom stereocenters. The number of aliphatic carboxylic acids is 1. The zero-order valence-corrected chi connectivity index (χ0v) is 10.9. The number of carbonyl (C=O) groups is 2. The molecular formula is C12H24N2O3. The highest BCUT2D eigenvalue weighted by molar-refractivity contribution is 5.86. The summed E-state index contributed by atoms with van der Waals surface area (Å²) in [7, 11) is 0. The molecule has 5 heteroatoms. The standard InChI is InChI=1S/C12H24N2O3/c1-4-6-7-9(13)11(15)14-10(12(16)17)8(3)5-2/h8-10H,4-7,13H2,1-3H3,(H,14,15)(H,16,17)/t8-,9?,10-/m0/s1. The van der Waals surface area contributed by atoms with Crippen molar-refractivity contribution in [2.24, 2.45) is 11.7 Å². The van der Waals surface area contributed by atoms with Crippen molar-refractivity contribution in [3.05, 3.63) is 0 Å². The molecule has 0 radical (unpaired) electrons. The molecule has 0 aromatic heterocycles. The number of hydrogen-bond donors (Lipinski definition) is 3. The summed E-state index contributed by atoms with van der Waals surface area (Å²) in [6.45, 7) is 5.71. The van der Waals surface area contributed by atoms with Gasteiger partial charge in [0.25, 0.3) is 0 Å². The number of carboxylic acids is 1. The summed E-state index contributed by atoms with van der Waals surface area (Å²) in [6.07, 6.45) is 3.13. The van der Waals surface area contributed by atoms with E-state index in [1.165, 1.54) is 0 Å². The van der Waals surface area contributed by atoms with Gasteiger partial charge in [0.1, 0.15) is 6.04 Å². The summed E-state index contributed by atoms with van der Waals surface area (Å²) in [4.78, 5) is 22.7. The Bertz CT molecular complexity index is 256. The minimum absolute atomic E-state index is 0.102. The number of rotatable bonds is 8. The minimum atomic E-state index is -1.00. The summed E-state index contributed by atoms with van der Waals surface area (Å²) in [5.41, 5.74) is 5.69. The lowest BCUT2D eigenvalue weighted by molar-refractivity contribution is -0.143. The number of unbranched alkanes of at least 4 members (excludes halogenated alkanes) is 1. The fourth-order valence-electron chi connectivity index (χ4n) is 1.50. The van der Waals surface area contributed by atoms with Crippen LogP contribution in [0.3, 0.4) is 0 Å². The zero-order chi connectivity index (χ0) is 13.4. The highest BCUT2D eigenvalue weighted by Crippen LogP contribution is 2.08. The van der Waals surface area contributed by atoms with Crippen LogP contribution >= 0.6 is 0 Å². The van der Waals surface area contributed by atoms with Crippen LogP contribution < -0.4 is 11.1 Å². The van der Waals surface area contributed by atoms with Crippen molar-refractivity contribution in [3.63, 3.8) is 0 Å². The molecule has 17 heavy (non-hydrogen) atoms. The third-order valence-electron chi connectivity index (χ3n) is 2.98. The summed E-state index contributed by atoms with van der Waals surface area (Å²) in [5.74, 6) is -1.48. The summed E-state index contributed by atoms with van der Waals surface area (Å²) < 4.78 is 0. The van der Waals surface area contributed by atoms with Crippen LogP contribution in [0, 0.1) is 5.92 Å². The van der Waals surface area contributed by atoms with E-state index in [4.69, 9.17) is 10.8 Å². The molecule has 5 nitrogen and oxygen atoms in total. The van der Waals surface area contributed by atoms with E-state index in [1.54, 1.807) is 6.92 Å². The Hall–Kier alpha value is -1.10. The molecule has 0 aromatic rings. The molecule has 0 fully saturated rings. The smallest absolute Gasteiger partial charge is 0.326 e. The van der Waals surface area contributed by atoms with E-state index in [0.29, 0.717) is 12.8 Å². The van der Waals surface area contributed by atoms with Crippen LogP contribution in [0.1, 0.15) is 46.5 Å². The number of nitrogens with one attached hydrogen (secondary N) is 1. The Labute approximate surface area is 103 Å². The average Bonchev–Trinajstić information content (AvgIpc) is 2.31. The third-order valence-corrected chi connectivity index (χ3v) is 2.98. The average molecular weight is 244 g/mol. The third kappa shape index (κ3) is 5.68. The predicted molar refractivity (Wildman–Crippen MR) is 66.5 cm³/mol. The molecule has 0 heterocycles. The predicted octanol–water partition coefficient (Wildman–Crippen LogP) is 1.12. The van der Waals surface area contributed by atoms with Crippen molar-refractivity contribution in [1.82, 2.24) is 5.32 Å². The van der Waals surface area contributed by atoms with Gasteiger partial charge in [0.2, 0.25) is 5.91 Å². The van der Waals surface area contributed by atoms with Crippen molar-refractivity contribution < 1.29 is 14.7 Å². The van der Waals surface area contributed by atoms with Gasteiger partial charge >= 0.3 is 5.97 Å². The summed E-state index contributed by atoms with van der Waals surface area (Å²) in [5, 5.41) is 11.5. The van der Waals surface area contributed by atoms with Gasteiger partial charge in [0.15, 0.2) is 0 Å². The van der Waals surface area contributed by atoms with Gasteiger partial charge in [-0.15, -0.1) is 0 Å². The summed E-state index contributed by atoms with van der Waals surface area (Å²) >= 11 is 0. The van der Waals surface area contributed by atoms with Gasteiger partial charge in [-0.3, -0.25) is 4.79 Å². The van der Waals surface area contributed by atoms with Crippen LogP contribution in [0.15, 0.2) is 0 Å². The molecule has 4 N–H and O–H groups in total. The van der Waals surface area contributed by atoms with Gasteiger partial charge < -0.3 is 16.2 Å². The lowest BCUT2D eigenvalue weighted by Gasteiger charge is -2.22. The lowest BCUT2D eigenvalue weighted by Crippen LogP contribution is -2.50. The molecule has 0 aliphatic carbocycles. The largest absolute Gasteiger partial charge is 0.480 e. The lowest BCUT2D eigenvalue weighted by atomic mass is 9.98. The number of carboxylic acid groups (broad SMARTS) is 1. The molecule has 0 rings (SSSR count). The second-order valence-electron chi connectivity index (χ2n) is 4.46. The van der Waals surface area contributed by atoms with Gasteiger partial charge in [-0.1, -0.05) is 40.0 Å². The van der Waals surface area contributed by atoms with E-state index < -0.39 is 18.1 Å².